The van der Waals surface area contributed by atoms with Gasteiger partial charge in [-0.25, -0.2) is 4.79 Å². The molecular formula is C13H21N3O2S. The first kappa shape index (κ1) is 14.3. The summed E-state index contributed by atoms with van der Waals surface area (Å²) in [5, 5.41) is 1.93. The molecule has 1 aliphatic rings. The molecule has 19 heavy (non-hydrogen) atoms. The average molecular weight is 283 g/mol. The topological polar surface area (TPSA) is 68.5 Å². The Morgan fingerprint density at radius 1 is 1.47 bits per heavy atom. The molecule has 1 aromatic rings. The van der Waals surface area contributed by atoms with Crippen LogP contribution in [0.1, 0.15) is 39.3 Å². The summed E-state index contributed by atoms with van der Waals surface area (Å²) in [5.41, 5.74) is 6.45. The Hall–Kier alpha value is -1.14. The molecule has 2 N–H and O–H groups in total. The maximum absolute atomic E-state index is 12.0. The molecule has 0 radical (unpaired) electrons. The summed E-state index contributed by atoms with van der Waals surface area (Å²) in [6, 6.07) is 1.97. The van der Waals surface area contributed by atoms with Crippen LogP contribution in [0.15, 0.2) is 11.4 Å². The molecule has 1 aromatic heterocycles. The van der Waals surface area contributed by atoms with E-state index in [4.69, 9.17) is 10.5 Å². The highest BCUT2D eigenvalue weighted by Crippen LogP contribution is 2.30. The summed E-state index contributed by atoms with van der Waals surface area (Å²) < 4.78 is 9.69. The highest BCUT2D eigenvalue weighted by atomic mass is 32.1. The SMILES string of the molecule is CC(C)(C)OC(=O)N1CCC(N)(c2ccsn2)CC1. The summed E-state index contributed by atoms with van der Waals surface area (Å²) >= 11 is 1.41. The number of likely N-dealkylation sites (tertiary alicyclic amines) is 1. The van der Waals surface area contributed by atoms with Crippen molar-refractivity contribution in [2.75, 3.05) is 13.1 Å². The van der Waals surface area contributed by atoms with E-state index in [-0.39, 0.29) is 6.09 Å². The molecule has 0 atom stereocenters. The summed E-state index contributed by atoms with van der Waals surface area (Å²) in [5.74, 6) is 0. The van der Waals surface area contributed by atoms with Gasteiger partial charge >= 0.3 is 6.09 Å². The Morgan fingerprint density at radius 3 is 2.58 bits per heavy atom. The van der Waals surface area contributed by atoms with Gasteiger partial charge in [0.05, 0.1) is 11.2 Å². The number of carbonyl (C=O) groups is 1. The molecule has 0 saturated carbocycles. The van der Waals surface area contributed by atoms with Crippen molar-refractivity contribution in [1.29, 1.82) is 0 Å². The first-order valence-corrected chi connectivity index (χ1v) is 7.31. The molecule has 6 heteroatoms. The monoisotopic (exact) mass is 283 g/mol. The van der Waals surface area contributed by atoms with Gasteiger partial charge in [-0.2, -0.15) is 4.37 Å². The third-order valence-electron chi connectivity index (χ3n) is 3.26. The minimum Gasteiger partial charge on any atom is -0.444 e. The number of aromatic nitrogens is 1. The summed E-state index contributed by atoms with van der Waals surface area (Å²) in [7, 11) is 0. The number of nitrogens with two attached hydrogens (primary N) is 1. The van der Waals surface area contributed by atoms with Crippen LogP contribution in [0.25, 0.3) is 0 Å². The predicted octanol–water partition coefficient (Wildman–Crippen LogP) is 2.33. The van der Waals surface area contributed by atoms with Crippen molar-refractivity contribution in [3.05, 3.63) is 17.1 Å². The van der Waals surface area contributed by atoms with Crippen molar-refractivity contribution in [3.8, 4) is 0 Å². The Morgan fingerprint density at radius 2 is 2.11 bits per heavy atom. The van der Waals surface area contributed by atoms with E-state index in [1.807, 2.05) is 32.2 Å². The van der Waals surface area contributed by atoms with E-state index in [0.717, 1.165) is 18.5 Å². The van der Waals surface area contributed by atoms with E-state index in [2.05, 4.69) is 4.37 Å². The molecule has 0 aliphatic carbocycles. The molecule has 0 bridgehead atoms. The van der Waals surface area contributed by atoms with Gasteiger partial charge in [0.1, 0.15) is 5.60 Å². The van der Waals surface area contributed by atoms with Crippen LogP contribution in [-0.2, 0) is 10.3 Å². The van der Waals surface area contributed by atoms with Crippen molar-refractivity contribution < 1.29 is 9.53 Å². The molecule has 0 aromatic carbocycles. The number of amides is 1. The third kappa shape index (κ3) is 3.45. The molecule has 0 spiro atoms. The lowest BCUT2D eigenvalue weighted by Gasteiger charge is -2.38. The third-order valence-corrected chi connectivity index (χ3v) is 3.82. The molecule has 2 heterocycles. The van der Waals surface area contributed by atoms with Crippen molar-refractivity contribution in [1.82, 2.24) is 9.27 Å². The van der Waals surface area contributed by atoms with Gasteiger partial charge in [0, 0.05) is 18.5 Å². The quantitative estimate of drug-likeness (QED) is 0.859. The van der Waals surface area contributed by atoms with Crippen LogP contribution in [0.5, 0.6) is 0 Å². The maximum atomic E-state index is 12.0. The number of piperidine rings is 1. The van der Waals surface area contributed by atoms with E-state index in [1.165, 1.54) is 11.5 Å². The van der Waals surface area contributed by atoms with Crippen LogP contribution < -0.4 is 5.73 Å². The number of hydrogen-bond donors (Lipinski definition) is 1. The molecule has 1 amide bonds. The van der Waals surface area contributed by atoms with Gasteiger partial charge in [0.25, 0.3) is 0 Å². The minimum atomic E-state index is -0.455. The fourth-order valence-corrected chi connectivity index (χ4v) is 2.75. The Bertz CT molecular complexity index is 431. The van der Waals surface area contributed by atoms with E-state index in [1.54, 1.807) is 4.90 Å². The van der Waals surface area contributed by atoms with Crippen molar-refractivity contribution in [2.24, 2.45) is 5.73 Å². The average Bonchev–Trinajstić information content (AvgIpc) is 2.81. The lowest BCUT2D eigenvalue weighted by molar-refractivity contribution is 0.0165. The standard InChI is InChI=1S/C13H21N3O2S/c1-12(2,3)18-11(17)16-7-5-13(14,6-8-16)10-4-9-19-15-10/h4,9H,5-8,14H2,1-3H3. The lowest BCUT2D eigenvalue weighted by Crippen LogP contribution is -2.50. The fourth-order valence-electron chi connectivity index (χ4n) is 2.14. The van der Waals surface area contributed by atoms with Crippen molar-refractivity contribution in [3.63, 3.8) is 0 Å². The number of hydrogen-bond acceptors (Lipinski definition) is 5. The second kappa shape index (κ2) is 5.09. The molecule has 1 aliphatic heterocycles. The van der Waals surface area contributed by atoms with Gasteiger partial charge in [0.2, 0.25) is 0 Å². The first-order valence-electron chi connectivity index (χ1n) is 6.48. The number of rotatable bonds is 1. The van der Waals surface area contributed by atoms with Crippen LogP contribution in [0, 0.1) is 0 Å². The van der Waals surface area contributed by atoms with Gasteiger partial charge in [0.15, 0.2) is 0 Å². The van der Waals surface area contributed by atoms with Crippen LogP contribution in [0.2, 0.25) is 0 Å². The van der Waals surface area contributed by atoms with Crippen LogP contribution >= 0.6 is 11.5 Å². The summed E-state index contributed by atoms with van der Waals surface area (Å²) in [6.07, 6.45) is 1.18. The van der Waals surface area contributed by atoms with Crippen LogP contribution in [0.4, 0.5) is 4.79 Å². The fraction of sp³-hybridized carbons (Fsp3) is 0.692. The van der Waals surface area contributed by atoms with Gasteiger partial charge in [-0.15, -0.1) is 0 Å². The molecule has 1 fully saturated rings. The largest absolute Gasteiger partial charge is 0.444 e. The van der Waals surface area contributed by atoms with E-state index < -0.39 is 11.1 Å². The first-order chi connectivity index (χ1) is 8.80. The molecule has 5 nitrogen and oxygen atoms in total. The molecule has 0 unspecified atom stereocenters. The number of ether oxygens (including phenoxy) is 1. The number of nitrogens with zero attached hydrogens (tertiary/aromatic N) is 2. The van der Waals surface area contributed by atoms with E-state index in [0.29, 0.717) is 13.1 Å². The second-order valence-electron chi connectivity index (χ2n) is 6.01. The highest BCUT2D eigenvalue weighted by molar-refractivity contribution is 7.03. The zero-order valence-corrected chi connectivity index (χ0v) is 12.5. The normalized spacial score (nSPS) is 19.3. The smallest absolute Gasteiger partial charge is 0.410 e. The van der Waals surface area contributed by atoms with Gasteiger partial charge in [-0.05, 0) is 51.2 Å². The van der Waals surface area contributed by atoms with E-state index in [9.17, 15) is 4.79 Å². The van der Waals surface area contributed by atoms with Crippen LogP contribution in [-0.4, -0.2) is 34.1 Å². The number of carbonyl (C=O) groups excluding carboxylic acids is 1. The molecular weight excluding hydrogens is 262 g/mol. The Labute approximate surface area is 117 Å². The second-order valence-corrected chi connectivity index (χ2v) is 6.67. The molecule has 1 saturated heterocycles. The lowest BCUT2D eigenvalue weighted by atomic mass is 9.86. The minimum absolute atomic E-state index is 0.257. The Kier molecular flexibility index (Phi) is 3.82. The Balaban J connectivity index is 1.94. The van der Waals surface area contributed by atoms with Crippen LogP contribution in [0.3, 0.4) is 0 Å². The highest BCUT2D eigenvalue weighted by Gasteiger charge is 2.36. The van der Waals surface area contributed by atoms with Gasteiger partial charge in [-0.1, -0.05) is 0 Å². The molecule has 2 rings (SSSR count). The zero-order chi connectivity index (χ0) is 14.1. The predicted molar refractivity (Wildman–Crippen MR) is 75.0 cm³/mol. The summed E-state index contributed by atoms with van der Waals surface area (Å²) in [6.45, 7) is 6.85. The van der Waals surface area contributed by atoms with E-state index >= 15 is 0 Å². The molecule has 106 valence electrons. The van der Waals surface area contributed by atoms with Gasteiger partial charge in [-0.3, -0.25) is 0 Å². The van der Waals surface area contributed by atoms with Crippen molar-refractivity contribution in [2.45, 2.75) is 44.8 Å². The summed E-state index contributed by atoms with van der Waals surface area (Å²) in [4.78, 5) is 13.7. The van der Waals surface area contributed by atoms with Gasteiger partial charge < -0.3 is 15.4 Å². The zero-order valence-electron chi connectivity index (χ0n) is 11.7. The van der Waals surface area contributed by atoms with Crippen molar-refractivity contribution >= 4 is 17.6 Å². The maximum Gasteiger partial charge on any atom is 0.410 e.